The molecule has 0 heterocycles. The van der Waals surface area contributed by atoms with Crippen molar-refractivity contribution >= 4 is 0 Å². The first-order chi connectivity index (χ1) is 4.41. The van der Waals surface area contributed by atoms with Gasteiger partial charge in [-0.05, 0) is 0 Å². The van der Waals surface area contributed by atoms with Gasteiger partial charge in [0.1, 0.15) is 0 Å². The van der Waals surface area contributed by atoms with Crippen LogP contribution in [0.15, 0.2) is 0 Å². The summed E-state index contributed by atoms with van der Waals surface area (Å²) in [5.41, 5.74) is 0. The van der Waals surface area contributed by atoms with Gasteiger partial charge in [-0.1, -0.05) is 0 Å². The first-order valence-corrected chi connectivity index (χ1v) is 2.67. The number of hydrogen-bond donors (Lipinski definition) is 3. The molecule has 0 aliphatic carbocycles. The number of aliphatic hydroxyl groups excluding tert-OH is 2. The van der Waals surface area contributed by atoms with Crippen LogP contribution < -0.4 is 5.32 Å². The molecule has 0 atom stereocenters. The van der Waals surface area contributed by atoms with E-state index in [-0.39, 0.29) is 13.2 Å². The molecule has 0 radical (unpaired) electrons. The summed E-state index contributed by atoms with van der Waals surface area (Å²) in [4.78, 5) is 0. The highest BCUT2D eigenvalue weighted by Crippen LogP contribution is 1.54. The summed E-state index contributed by atoms with van der Waals surface area (Å²) >= 11 is 0. The lowest BCUT2D eigenvalue weighted by atomic mass is 10.6. The van der Waals surface area contributed by atoms with E-state index in [1.54, 1.807) is 0 Å². The third-order valence-corrected chi connectivity index (χ3v) is 0.577. The highest BCUT2D eigenvalue weighted by atomic mass is 16.3. The van der Waals surface area contributed by atoms with Gasteiger partial charge in [0, 0.05) is 13.1 Å². The van der Waals surface area contributed by atoms with Crippen molar-refractivity contribution in [3.63, 3.8) is 0 Å². The molecule has 3 heteroatoms. The molecule has 0 aliphatic heterocycles. The van der Waals surface area contributed by atoms with Gasteiger partial charge in [0.15, 0.2) is 0 Å². The quantitative estimate of drug-likeness (QED) is 0.332. The summed E-state index contributed by atoms with van der Waals surface area (Å²) in [6.45, 7) is 1.42. The second kappa shape index (κ2) is 15.7. The Hall–Kier alpha value is -0.560. The fourth-order valence-corrected chi connectivity index (χ4v) is 0.283. The summed E-state index contributed by atoms with van der Waals surface area (Å²) < 4.78 is 0. The largest absolute Gasteiger partial charge is 0.395 e. The number of nitrogens with one attached hydrogen (secondary N) is 1. The van der Waals surface area contributed by atoms with Crippen LogP contribution >= 0.6 is 0 Å². The number of aliphatic hydroxyl groups is 2. The Morgan fingerprint density at radius 2 is 1.33 bits per heavy atom. The normalized spacial score (nSPS) is 7.56. The van der Waals surface area contributed by atoms with Crippen LogP contribution in [0.3, 0.4) is 0 Å². The van der Waals surface area contributed by atoms with Crippen molar-refractivity contribution in [3.05, 3.63) is 0 Å². The van der Waals surface area contributed by atoms with Gasteiger partial charge in [0.25, 0.3) is 0 Å². The summed E-state index contributed by atoms with van der Waals surface area (Å²) in [6, 6.07) is 0. The predicted octanol–water partition coefficient (Wildman–Crippen LogP) is -1.19. The molecule has 0 aliphatic rings. The Kier molecular flexibility index (Phi) is 19.6. The van der Waals surface area contributed by atoms with Gasteiger partial charge in [-0.2, -0.15) is 0 Å². The van der Waals surface area contributed by atoms with Crippen LogP contribution in [-0.4, -0.2) is 36.5 Å². The summed E-state index contributed by atoms with van der Waals surface area (Å²) in [5.74, 6) is 0. The average molecular weight is 131 g/mol. The molecule has 3 nitrogen and oxygen atoms in total. The van der Waals surface area contributed by atoms with Gasteiger partial charge < -0.3 is 15.5 Å². The number of hydrogen-bond acceptors (Lipinski definition) is 3. The van der Waals surface area contributed by atoms with Crippen LogP contribution in [0, 0.1) is 12.8 Å². The van der Waals surface area contributed by atoms with Crippen molar-refractivity contribution in [2.24, 2.45) is 0 Å². The molecule has 0 aromatic heterocycles. The fraction of sp³-hybridized carbons (Fsp3) is 0.667. The van der Waals surface area contributed by atoms with Crippen molar-refractivity contribution in [3.8, 4) is 12.8 Å². The molecule has 0 aromatic rings. The van der Waals surface area contributed by atoms with Crippen LogP contribution in [-0.2, 0) is 0 Å². The van der Waals surface area contributed by atoms with E-state index in [9.17, 15) is 0 Å². The topological polar surface area (TPSA) is 52.5 Å². The van der Waals surface area contributed by atoms with Crippen LogP contribution in [0.1, 0.15) is 0 Å². The molecule has 0 rings (SSSR count). The molecule has 3 N–H and O–H groups in total. The number of terminal acetylenes is 1. The molecule has 0 fully saturated rings. The Morgan fingerprint density at radius 1 is 1.00 bits per heavy atom. The van der Waals surface area contributed by atoms with Crippen molar-refractivity contribution < 1.29 is 10.2 Å². The van der Waals surface area contributed by atoms with E-state index < -0.39 is 0 Å². The highest BCUT2D eigenvalue weighted by molar-refractivity contribution is 4.47. The molecular formula is C6H13NO2. The van der Waals surface area contributed by atoms with Gasteiger partial charge in [0.05, 0.1) is 13.2 Å². The summed E-state index contributed by atoms with van der Waals surface area (Å²) in [5, 5.41) is 19.1. The van der Waals surface area contributed by atoms with E-state index in [1.165, 1.54) is 0 Å². The zero-order valence-electron chi connectivity index (χ0n) is 5.38. The molecule has 0 bridgehead atoms. The summed E-state index contributed by atoms with van der Waals surface area (Å²) in [6.07, 6.45) is 8.00. The monoisotopic (exact) mass is 131 g/mol. The van der Waals surface area contributed by atoms with Gasteiger partial charge >= 0.3 is 0 Å². The van der Waals surface area contributed by atoms with E-state index in [1.807, 2.05) is 0 Å². The van der Waals surface area contributed by atoms with Crippen LogP contribution in [0.2, 0.25) is 0 Å². The van der Waals surface area contributed by atoms with Gasteiger partial charge in [-0.3, -0.25) is 0 Å². The number of rotatable bonds is 4. The first kappa shape index (κ1) is 11.3. The van der Waals surface area contributed by atoms with Gasteiger partial charge in [-0.15, -0.1) is 12.8 Å². The zero-order chi connectivity index (χ0) is 7.54. The smallest absolute Gasteiger partial charge is 0.0555 e. The van der Waals surface area contributed by atoms with E-state index >= 15 is 0 Å². The minimum absolute atomic E-state index is 0.139. The lowest BCUT2D eigenvalue weighted by Gasteiger charge is -1.94. The van der Waals surface area contributed by atoms with E-state index in [0.29, 0.717) is 13.1 Å². The molecule has 0 aromatic carbocycles. The van der Waals surface area contributed by atoms with Gasteiger partial charge in [-0.25, -0.2) is 0 Å². The van der Waals surface area contributed by atoms with E-state index in [0.717, 1.165) is 0 Å². The van der Waals surface area contributed by atoms with Crippen molar-refractivity contribution in [1.29, 1.82) is 0 Å². The molecule has 0 spiro atoms. The van der Waals surface area contributed by atoms with E-state index in [2.05, 4.69) is 18.2 Å². The Morgan fingerprint density at radius 3 is 1.56 bits per heavy atom. The predicted molar refractivity (Wildman–Crippen MR) is 36.9 cm³/mol. The summed E-state index contributed by atoms with van der Waals surface area (Å²) in [7, 11) is 0. The first-order valence-electron chi connectivity index (χ1n) is 2.67. The Balaban J connectivity index is 0. The maximum Gasteiger partial charge on any atom is 0.0555 e. The minimum Gasteiger partial charge on any atom is -0.395 e. The molecule has 0 saturated heterocycles. The Labute approximate surface area is 55.7 Å². The standard InChI is InChI=1S/C4H11NO2.C2H2/c6-3-1-5-2-4-7;1-2/h5-7H,1-4H2;1-2H. The lowest BCUT2D eigenvalue weighted by molar-refractivity contribution is 0.267. The van der Waals surface area contributed by atoms with Crippen molar-refractivity contribution in [2.45, 2.75) is 0 Å². The zero-order valence-corrected chi connectivity index (χ0v) is 5.38. The molecule has 9 heavy (non-hydrogen) atoms. The Bertz CT molecular complexity index is 50.3. The third-order valence-electron chi connectivity index (χ3n) is 0.577. The van der Waals surface area contributed by atoms with E-state index in [4.69, 9.17) is 10.2 Å². The average Bonchev–Trinajstić information content (AvgIpc) is 1.94. The molecule has 0 saturated carbocycles. The minimum atomic E-state index is 0.139. The molecular weight excluding hydrogens is 118 g/mol. The second-order valence-corrected chi connectivity index (χ2v) is 1.20. The maximum absolute atomic E-state index is 8.15. The molecule has 0 amide bonds. The SMILES string of the molecule is C#C.OCCNCCO. The van der Waals surface area contributed by atoms with Crippen LogP contribution in [0.5, 0.6) is 0 Å². The third kappa shape index (κ3) is 18.6. The van der Waals surface area contributed by atoms with Gasteiger partial charge in [0.2, 0.25) is 0 Å². The highest BCUT2D eigenvalue weighted by Gasteiger charge is 1.78. The fourth-order valence-electron chi connectivity index (χ4n) is 0.283. The van der Waals surface area contributed by atoms with Crippen molar-refractivity contribution in [2.75, 3.05) is 26.3 Å². The molecule has 0 unspecified atom stereocenters. The van der Waals surface area contributed by atoms with Crippen molar-refractivity contribution in [1.82, 2.24) is 5.32 Å². The van der Waals surface area contributed by atoms with Crippen LogP contribution in [0.4, 0.5) is 0 Å². The maximum atomic E-state index is 8.15. The van der Waals surface area contributed by atoms with Crippen LogP contribution in [0.25, 0.3) is 0 Å². The lowest BCUT2D eigenvalue weighted by Crippen LogP contribution is -2.21. The molecule has 54 valence electrons. The second-order valence-electron chi connectivity index (χ2n) is 1.20.